The molecular weight excluding hydrogens is 408 g/mol. The van der Waals surface area contributed by atoms with Crippen LogP contribution in [0.4, 0.5) is 0 Å². The maximum atomic E-state index is 11.9. The fourth-order valence-corrected chi connectivity index (χ4v) is 2.50. The van der Waals surface area contributed by atoms with E-state index in [1.807, 2.05) is 0 Å². The van der Waals surface area contributed by atoms with Crippen LogP contribution < -0.4 is 22.9 Å². The molecule has 0 radical (unpaired) electrons. The summed E-state index contributed by atoms with van der Waals surface area (Å²) in [5, 5.41) is 0. The number of carbonyl (C=O) groups excluding carboxylic acids is 4. The van der Waals surface area contributed by atoms with Gasteiger partial charge in [0.05, 0.1) is 19.6 Å². The molecule has 172 valence electrons. The van der Waals surface area contributed by atoms with Gasteiger partial charge in [-0.2, -0.15) is 0 Å². The summed E-state index contributed by atoms with van der Waals surface area (Å²) < 4.78 is 31.5. The van der Waals surface area contributed by atoms with Gasteiger partial charge in [-0.3, -0.25) is 19.2 Å². The van der Waals surface area contributed by atoms with Gasteiger partial charge >= 0.3 is 23.9 Å². The molecule has 1 aliphatic heterocycles. The third kappa shape index (κ3) is 7.16. The van der Waals surface area contributed by atoms with E-state index in [0.717, 1.165) is 0 Å². The van der Waals surface area contributed by atoms with Crippen molar-refractivity contribution < 1.29 is 47.6 Å². The first-order valence-corrected chi connectivity index (χ1v) is 8.97. The fraction of sp³-hybridized carbons (Fsp3) is 0.750. The summed E-state index contributed by atoms with van der Waals surface area (Å²) >= 11 is 0. The Morgan fingerprint density at radius 1 is 0.867 bits per heavy atom. The van der Waals surface area contributed by atoms with Gasteiger partial charge in [-0.15, -0.1) is 0 Å². The molecule has 1 heterocycles. The van der Waals surface area contributed by atoms with Gasteiger partial charge < -0.3 is 51.4 Å². The van der Waals surface area contributed by atoms with Crippen LogP contribution >= 0.6 is 0 Å². The number of esters is 4. The Morgan fingerprint density at radius 3 is 1.77 bits per heavy atom. The van der Waals surface area contributed by atoms with Crippen molar-refractivity contribution in [1.29, 1.82) is 0 Å². The van der Waals surface area contributed by atoms with E-state index >= 15 is 0 Å². The third-order valence-corrected chi connectivity index (χ3v) is 3.89. The molecule has 0 aromatic carbocycles. The zero-order valence-corrected chi connectivity index (χ0v) is 16.7. The minimum atomic E-state index is -1.43. The number of nitrogens with two attached hydrogens (primary N) is 4. The zero-order chi connectivity index (χ0) is 22.8. The van der Waals surface area contributed by atoms with E-state index in [9.17, 15) is 19.2 Å². The van der Waals surface area contributed by atoms with Crippen molar-refractivity contribution in [2.75, 3.05) is 33.4 Å². The lowest BCUT2D eigenvalue weighted by Gasteiger charge is -2.43. The van der Waals surface area contributed by atoms with Gasteiger partial charge in [0.25, 0.3) is 0 Å². The zero-order valence-electron chi connectivity index (χ0n) is 16.7. The molecule has 0 saturated carbocycles. The van der Waals surface area contributed by atoms with E-state index < -0.39 is 86.9 Å². The average molecular weight is 436 g/mol. The van der Waals surface area contributed by atoms with Gasteiger partial charge in [0.2, 0.25) is 0 Å². The van der Waals surface area contributed by atoms with Crippen LogP contribution in [-0.4, -0.2) is 94.0 Å². The van der Waals surface area contributed by atoms with Crippen LogP contribution in [0.2, 0.25) is 0 Å². The van der Waals surface area contributed by atoms with Crippen LogP contribution in [-0.2, 0) is 47.6 Å². The van der Waals surface area contributed by atoms with Crippen molar-refractivity contribution in [3.63, 3.8) is 0 Å². The van der Waals surface area contributed by atoms with Gasteiger partial charge in [0.15, 0.2) is 24.6 Å². The standard InChI is InChI=1S/C16H28N4O10/c1-7(20)15(24)26-6-8-12(28-9(21)3-17)13(29-10(22)4-18)14(16(25-2)27-8)30-11(23)5-19/h7-8,12-14,16H,3-6,17-20H2,1-2H3/t7-,8+,12+,13-,14+,16-/m0/s1. The minimum Gasteiger partial charge on any atom is -0.462 e. The Morgan fingerprint density at radius 2 is 1.33 bits per heavy atom. The van der Waals surface area contributed by atoms with E-state index in [2.05, 4.69) is 0 Å². The van der Waals surface area contributed by atoms with Gasteiger partial charge in [0.1, 0.15) is 18.8 Å². The smallest absolute Gasteiger partial charge is 0.322 e. The maximum Gasteiger partial charge on any atom is 0.322 e. The summed E-state index contributed by atoms with van der Waals surface area (Å²) in [6.45, 7) is -0.567. The summed E-state index contributed by atoms with van der Waals surface area (Å²) in [5.74, 6) is -3.42. The van der Waals surface area contributed by atoms with Gasteiger partial charge in [0, 0.05) is 7.11 Å². The number of methoxy groups -OCH3 is 1. The normalized spacial score (nSPS) is 26.9. The summed E-state index contributed by atoms with van der Waals surface area (Å²) in [6, 6.07) is -0.930. The quantitative estimate of drug-likeness (QED) is 0.188. The highest BCUT2D eigenvalue weighted by Crippen LogP contribution is 2.29. The molecule has 0 spiro atoms. The predicted molar refractivity (Wildman–Crippen MR) is 97.1 cm³/mol. The van der Waals surface area contributed by atoms with Crippen LogP contribution in [0.3, 0.4) is 0 Å². The van der Waals surface area contributed by atoms with Crippen LogP contribution in [0.15, 0.2) is 0 Å². The van der Waals surface area contributed by atoms with Gasteiger partial charge in [-0.25, -0.2) is 0 Å². The van der Waals surface area contributed by atoms with Gasteiger partial charge in [-0.05, 0) is 6.92 Å². The van der Waals surface area contributed by atoms with Crippen molar-refractivity contribution in [3.05, 3.63) is 0 Å². The van der Waals surface area contributed by atoms with Crippen molar-refractivity contribution in [3.8, 4) is 0 Å². The van der Waals surface area contributed by atoms with Crippen LogP contribution in [0.5, 0.6) is 0 Å². The highest BCUT2D eigenvalue weighted by atomic mass is 16.7. The SMILES string of the molecule is CO[C@H]1O[C@H](COC(=O)[C@H](C)N)[C@@H](OC(=O)CN)[C@H](OC(=O)CN)[C@H]1OC(=O)CN. The highest BCUT2D eigenvalue weighted by molar-refractivity contribution is 5.75. The van der Waals surface area contributed by atoms with E-state index in [1.54, 1.807) is 0 Å². The molecule has 14 heteroatoms. The van der Waals surface area contributed by atoms with Crippen molar-refractivity contribution in [1.82, 2.24) is 0 Å². The molecular formula is C16H28N4O10. The average Bonchev–Trinajstić information content (AvgIpc) is 2.73. The summed E-state index contributed by atoms with van der Waals surface area (Å²) in [4.78, 5) is 47.2. The molecule has 14 nitrogen and oxygen atoms in total. The first kappa shape index (κ1) is 25.7. The Balaban J connectivity index is 3.26. The molecule has 0 bridgehead atoms. The number of hydrogen-bond acceptors (Lipinski definition) is 14. The summed E-state index contributed by atoms with van der Waals surface area (Å²) in [5.41, 5.74) is 21.3. The molecule has 0 aliphatic carbocycles. The largest absolute Gasteiger partial charge is 0.462 e. The fourth-order valence-electron chi connectivity index (χ4n) is 2.50. The number of rotatable bonds is 10. The molecule has 8 N–H and O–H groups in total. The maximum absolute atomic E-state index is 11.9. The molecule has 6 atom stereocenters. The van der Waals surface area contributed by atoms with E-state index in [4.69, 9.17) is 51.4 Å². The van der Waals surface area contributed by atoms with E-state index in [1.165, 1.54) is 14.0 Å². The van der Waals surface area contributed by atoms with Crippen molar-refractivity contribution in [2.24, 2.45) is 22.9 Å². The van der Waals surface area contributed by atoms with Crippen molar-refractivity contribution in [2.45, 2.75) is 43.7 Å². The molecule has 1 rings (SSSR count). The second kappa shape index (κ2) is 12.4. The Kier molecular flexibility index (Phi) is 10.6. The molecule has 30 heavy (non-hydrogen) atoms. The topological polar surface area (TPSA) is 228 Å². The van der Waals surface area contributed by atoms with Gasteiger partial charge in [-0.1, -0.05) is 0 Å². The lowest BCUT2D eigenvalue weighted by molar-refractivity contribution is -0.302. The van der Waals surface area contributed by atoms with Crippen LogP contribution in [0.1, 0.15) is 6.92 Å². The predicted octanol–water partition coefficient (Wildman–Crippen LogP) is -4.14. The van der Waals surface area contributed by atoms with E-state index in [0.29, 0.717) is 0 Å². The summed E-state index contributed by atoms with van der Waals surface area (Å²) in [7, 11) is 1.23. The lowest BCUT2D eigenvalue weighted by Crippen LogP contribution is -2.63. The second-order valence-electron chi connectivity index (χ2n) is 6.17. The number of hydrogen-bond donors (Lipinski definition) is 4. The minimum absolute atomic E-state index is 0.447. The van der Waals surface area contributed by atoms with Crippen molar-refractivity contribution >= 4 is 23.9 Å². The number of carbonyl (C=O) groups is 4. The Labute approximate surface area is 172 Å². The number of ether oxygens (including phenoxy) is 6. The highest BCUT2D eigenvalue weighted by Gasteiger charge is 2.53. The monoisotopic (exact) mass is 436 g/mol. The Bertz CT molecular complexity index is 617. The van der Waals surface area contributed by atoms with E-state index in [-0.39, 0.29) is 0 Å². The Hall–Kier alpha value is -2.36. The third-order valence-electron chi connectivity index (χ3n) is 3.89. The molecule has 0 aromatic heterocycles. The van der Waals surface area contributed by atoms with Crippen LogP contribution in [0, 0.1) is 0 Å². The molecule has 0 aromatic rings. The summed E-state index contributed by atoms with van der Waals surface area (Å²) in [6.07, 6.45) is -6.67. The first-order valence-electron chi connectivity index (χ1n) is 8.97. The molecule has 0 unspecified atom stereocenters. The lowest BCUT2D eigenvalue weighted by atomic mass is 9.98. The second-order valence-corrected chi connectivity index (χ2v) is 6.17. The molecule has 1 saturated heterocycles. The first-order chi connectivity index (χ1) is 14.2. The molecule has 1 aliphatic rings. The molecule has 1 fully saturated rings. The molecule has 0 amide bonds. The van der Waals surface area contributed by atoms with Crippen LogP contribution in [0.25, 0.3) is 0 Å².